The summed E-state index contributed by atoms with van der Waals surface area (Å²) in [6, 6.07) is 4.77. The Bertz CT molecular complexity index is 834. The van der Waals surface area contributed by atoms with Crippen molar-refractivity contribution in [2.75, 3.05) is 39.3 Å². The summed E-state index contributed by atoms with van der Waals surface area (Å²) in [6.07, 6.45) is 2.56. The van der Waals surface area contributed by atoms with Gasteiger partial charge in [0, 0.05) is 50.4 Å². The van der Waals surface area contributed by atoms with Crippen LogP contribution in [-0.2, 0) is 14.8 Å². The Hall–Kier alpha value is -1.48. The highest BCUT2D eigenvalue weighted by Crippen LogP contribution is 2.20. The number of hydrogen-bond donors (Lipinski definition) is 1. The maximum atomic E-state index is 13.1. The Labute approximate surface area is 174 Å². The molecule has 0 radical (unpaired) electrons. The van der Waals surface area contributed by atoms with Gasteiger partial charge >= 0.3 is 0 Å². The molecule has 0 aliphatic carbocycles. The first-order valence-electron chi connectivity index (χ1n) is 10.3. The average molecular weight is 424 g/mol. The molecule has 1 aromatic rings. The number of aryl methyl sites for hydroxylation is 1. The zero-order valence-electron chi connectivity index (χ0n) is 17.9. The first-order chi connectivity index (χ1) is 13.5. The Morgan fingerprint density at radius 3 is 2.48 bits per heavy atom. The van der Waals surface area contributed by atoms with Crippen LogP contribution in [0.2, 0.25) is 0 Å². The van der Waals surface area contributed by atoms with E-state index in [2.05, 4.69) is 9.62 Å². The second kappa shape index (κ2) is 8.71. The van der Waals surface area contributed by atoms with Crippen molar-refractivity contribution in [2.45, 2.75) is 57.1 Å². The average Bonchev–Trinajstić information content (AvgIpc) is 3.13. The third-order valence-electron chi connectivity index (χ3n) is 5.34. The second-order valence-electron chi connectivity index (χ2n) is 9.06. The molecule has 0 bridgehead atoms. The SMILES string of the molecule is Cc1ccc(S(=O)(=O)NC(C)(C)C)cc1C(=O)N1CCN(CC2CCCO2)CC1. The van der Waals surface area contributed by atoms with Gasteiger partial charge in [-0.15, -0.1) is 0 Å². The van der Waals surface area contributed by atoms with Crippen LogP contribution in [0.5, 0.6) is 0 Å². The maximum Gasteiger partial charge on any atom is 0.254 e. The van der Waals surface area contributed by atoms with Crippen molar-refractivity contribution in [2.24, 2.45) is 0 Å². The van der Waals surface area contributed by atoms with Gasteiger partial charge < -0.3 is 9.64 Å². The van der Waals surface area contributed by atoms with Crippen LogP contribution in [0.1, 0.15) is 49.5 Å². The van der Waals surface area contributed by atoms with Crippen molar-refractivity contribution in [3.8, 4) is 0 Å². The van der Waals surface area contributed by atoms with Crippen LogP contribution in [0.15, 0.2) is 23.1 Å². The molecule has 0 saturated carbocycles. The lowest BCUT2D eigenvalue weighted by Crippen LogP contribution is -2.50. The fraction of sp³-hybridized carbons (Fsp3) is 0.667. The quantitative estimate of drug-likeness (QED) is 0.784. The summed E-state index contributed by atoms with van der Waals surface area (Å²) >= 11 is 0. The largest absolute Gasteiger partial charge is 0.377 e. The number of benzene rings is 1. The topological polar surface area (TPSA) is 79.0 Å². The number of nitrogens with one attached hydrogen (secondary N) is 1. The fourth-order valence-electron chi connectivity index (χ4n) is 3.84. The second-order valence-corrected chi connectivity index (χ2v) is 10.7. The normalized spacial score (nSPS) is 21.5. The van der Waals surface area contributed by atoms with E-state index in [0.717, 1.165) is 44.6 Å². The van der Waals surface area contributed by atoms with Crippen LogP contribution in [0, 0.1) is 6.92 Å². The van der Waals surface area contributed by atoms with Crippen LogP contribution in [0.3, 0.4) is 0 Å². The molecule has 3 rings (SSSR count). The van der Waals surface area contributed by atoms with Gasteiger partial charge in [0.15, 0.2) is 0 Å². The van der Waals surface area contributed by atoms with Crippen molar-refractivity contribution in [3.05, 3.63) is 29.3 Å². The van der Waals surface area contributed by atoms with Crippen molar-refractivity contribution >= 4 is 15.9 Å². The Morgan fingerprint density at radius 1 is 1.21 bits per heavy atom. The standard InChI is InChI=1S/C21H33N3O4S/c1-16-7-8-18(29(26,27)22-21(2,3)4)14-19(16)20(25)24-11-9-23(10-12-24)15-17-6-5-13-28-17/h7-8,14,17,22H,5-6,9-13,15H2,1-4H3. The van der Waals surface area contributed by atoms with E-state index in [4.69, 9.17) is 4.74 Å². The lowest BCUT2D eigenvalue weighted by atomic mass is 10.1. The van der Waals surface area contributed by atoms with Gasteiger partial charge in [-0.05, 0) is 58.2 Å². The van der Waals surface area contributed by atoms with Gasteiger partial charge in [0.2, 0.25) is 10.0 Å². The van der Waals surface area contributed by atoms with Gasteiger partial charge in [0.25, 0.3) is 5.91 Å². The van der Waals surface area contributed by atoms with Gasteiger partial charge in [-0.1, -0.05) is 6.07 Å². The number of ether oxygens (including phenoxy) is 1. The molecule has 1 amide bonds. The zero-order valence-corrected chi connectivity index (χ0v) is 18.7. The molecule has 2 heterocycles. The van der Waals surface area contributed by atoms with Crippen LogP contribution in [0.4, 0.5) is 0 Å². The highest BCUT2D eigenvalue weighted by molar-refractivity contribution is 7.89. The summed E-state index contributed by atoms with van der Waals surface area (Å²) < 4.78 is 33.7. The third kappa shape index (κ3) is 5.78. The number of sulfonamides is 1. The molecular weight excluding hydrogens is 390 g/mol. The summed E-state index contributed by atoms with van der Waals surface area (Å²) in [6.45, 7) is 11.9. The van der Waals surface area contributed by atoms with Crippen molar-refractivity contribution in [1.29, 1.82) is 0 Å². The van der Waals surface area contributed by atoms with Crippen LogP contribution < -0.4 is 4.72 Å². The zero-order chi connectivity index (χ0) is 21.2. The van der Waals surface area contributed by atoms with E-state index in [1.165, 1.54) is 6.07 Å². The van der Waals surface area contributed by atoms with Gasteiger partial charge in [0.05, 0.1) is 11.0 Å². The molecule has 0 spiro atoms. The monoisotopic (exact) mass is 423 g/mol. The molecule has 1 aromatic carbocycles. The molecule has 2 saturated heterocycles. The molecule has 2 fully saturated rings. The van der Waals surface area contributed by atoms with E-state index >= 15 is 0 Å². The summed E-state index contributed by atoms with van der Waals surface area (Å²) in [5, 5.41) is 0. The van der Waals surface area contributed by atoms with Crippen LogP contribution >= 0.6 is 0 Å². The summed E-state index contributed by atoms with van der Waals surface area (Å²) in [5.74, 6) is -0.105. The van der Waals surface area contributed by atoms with E-state index in [1.54, 1.807) is 32.9 Å². The third-order valence-corrected chi connectivity index (χ3v) is 7.09. The number of rotatable bonds is 5. The van der Waals surface area contributed by atoms with Gasteiger partial charge in [-0.25, -0.2) is 13.1 Å². The summed E-state index contributed by atoms with van der Waals surface area (Å²) in [4.78, 5) is 17.4. The van der Waals surface area contributed by atoms with Gasteiger partial charge in [-0.2, -0.15) is 0 Å². The number of amides is 1. The smallest absolute Gasteiger partial charge is 0.254 e. The lowest BCUT2D eigenvalue weighted by Gasteiger charge is -2.36. The minimum atomic E-state index is -3.69. The molecule has 7 nitrogen and oxygen atoms in total. The fourth-order valence-corrected chi connectivity index (χ4v) is 5.29. The van der Waals surface area contributed by atoms with E-state index in [0.29, 0.717) is 24.8 Å². The van der Waals surface area contributed by atoms with E-state index < -0.39 is 15.6 Å². The molecular formula is C21H33N3O4S. The minimum absolute atomic E-state index is 0.105. The Kier molecular flexibility index (Phi) is 6.67. The number of carbonyl (C=O) groups is 1. The first kappa shape index (κ1) is 22.2. The number of hydrogen-bond acceptors (Lipinski definition) is 5. The molecule has 1 unspecified atom stereocenters. The van der Waals surface area contributed by atoms with Crippen molar-refractivity contribution in [3.63, 3.8) is 0 Å². The van der Waals surface area contributed by atoms with E-state index in [-0.39, 0.29) is 10.8 Å². The number of carbonyl (C=O) groups excluding carboxylic acids is 1. The van der Waals surface area contributed by atoms with E-state index in [1.807, 2.05) is 11.8 Å². The maximum absolute atomic E-state index is 13.1. The molecule has 2 aliphatic rings. The molecule has 1 atom stereocenters. The van der Waals surface area contributed by atoms with E-state index in [9.17, 15) is 13.2 Å². The minimum Gasteiger partial charge on any atom is -0.377 e. The predicted octanol–water partition coefficient (Wildman–Crippen LogP) is 2.01. The highest BCUT2D eigenvalue weighted by atomic mass is 32.2. The highest BCUT2D eigenvalue weighted by Gasteiger charge is 2.28. The predicted molar refractivity (Wildman–Crippen MR) is 113 cm³/mol. The van der Waals surface area contributed by atoms with Crippen LogP contribution in [0.25, 0.3) is 0 Å². The van der Waals surface area contributed by atoms with Gasteiger partial charge in [0.1, 0.15) is 0 Å². The molecule has 162 valence electrons. The lowest BCUT2D eigenvalue weighted by molar-refractivity contribution is 0.0432. The van der Waals surface area contributed by atoms with Crippen LogP contribution in [-0.4, -0.2) is 75.1 Å². The Balaban J connectivity index is 1.68. The number of nitrogens with zero attached hydrogens (tertiary/aromatic N) is 2. The Morgan fingerprint density at radius 2 is 1.90 bits per heavy atom. The van der Waals surface area contributed by atoms with Gasteiger partial charge in [-0.3, -0.25) is 9.69 Å². The molecule has 1 N–H and O–H groups in total. The summed E-state index contributed by atoms with van der Waals surface area (Å²) in [7, 11) is -3.69. The molecule has 29 heavy (non-hydrogen) atoms. The van der Waals surface area contributed by atoms with Crippen molar-refractivity contribution in [1.82, 2.24) is 14.5 Å². The van der Waals surface area contributed by atoms with Crippen molar-refractivity contribution < 1.29 is 17.9 Å². The summed E-state index contributed by atoms with van der Waals surface area (Å²) in [5.41, 5.74) is 0.647. The molecule has 0 aromatic heterocycles. The first-order valence-corrected chi connectivity index (χ1v) is 11.8. The molecule has 2 aliphatic heterocycles. The molecule has 8 heteroatoms. The number of piperazine rings is 1.